The molecule has 80 valence electrons. The van der Waals surface area contributed by atoms with Crippen LogP contribution in [0.1, 0.15) is 6.92 Å². The number of carbonyl (C=O) groups is 1. The summed E-state index contributed by atoms with van der Waals surface area (Å²) >= 11 is 5.99. The van der Waals surface area contributed by atoms with E-state index in [1.165, 1.54) is 12.1 Å². The van der Waals surface area contributed by atoms with E-state index in [9.17, 15) is 4.79 Å². The van der Waals surface area contributed by atoms with E-state index >= 15 is 0 Å². The van der Waals surface area contributed by atoms with Crippen LogP contribution < -0.4 is 0 Å². The summed E-state index contributed by atoms with van der Waals surface area (Å²) in [5.74, 6) is -0.433. The highest BCUT2D eigenvalue weighted by Crippen LogP contribution is 2.26. The van der Waals surface area contributed by atoms with E-state index in [2.05, 4.69) is 14.8 Å². The van der Waals surface area contributed by atoms with Crippen LogP contribution in [0.25, 0.3) is 0 Å². The fourth-order valence-corrected chi connectivity index (χ4v) is 1.73. The van der Waals surface area contributed by atoms with Gasteiger partial charge in [0.1, 0.15) is 11.1 Å². The molecule has 15 heavy (non-hydrogen) atoms. The first kappa shape index (κ1) is 10.2. The third-order valence-electron chi connectivity index (χ3n) is 2.19. The van der Waals surface area contributed by atoms with Crippen molar-refractivity contribution in [2.45, 2.75) is 18.5 Å². The van der Waals surface area contributed by atoms with Gasteiger partial charge in [-0.15, -0.1) is 11.6 Å². The monoisotopic (exact) mass is 227 g/mol. The number of halogens is 1. The SMILES string of the molecule is COC(=O)C1=CC(C)=NC2C(Cl)C=NN12. The molecule has 0 aliphatic carbocycles. The summed E-state index contributed by atoms with van der Waals surface area (Å²) in [5, 5.41) is 5.19. The molecule has 0 spiro atoms. The first-order valence-corrected chi connectivity index (χ1v) is 4.89. The molecular formula is C9H10ClN3O2. The average molecular weight is 228 g/mol. The van der Waals surface area contributed by atoms with Crippen molar-refractivity contribution in [2.75, 3.05) is 7.11 Å². The summed E-state index contributed by atoms with van der Waals surface area (Å²) in [5.41, 5.74) is 1.11. The molecule has 0 aromatic carbocycles. The lowest BCUT2D eigenvalue weighted by Crippen LogP contribution is -2.37. The van der Waals surface area contributed by atoms with E-state index in [1.807, 2.05) is 6.92 Å². The number of aliphatic imine (C=N–C) groups is 1. The number of carbonyl (C=O) groups excluding carboxylic acids is 1. The van der Waals surface area contributed by atoms with Crippen molar-refractivity contribution in [3.8, 4) is 0 Å². The van der Waals surface area contributed by atoms with Crippen LogP contribution in [0.15, 0.2) is 21.9 Å². The number of hydrogen-bond acceptors (Lipinski definition) is 5. The highest BCUT2D eigenvalue weighted by atomic mass is 35.5. The fourth-order valence-electron chi connectivity index (χ4n) is 1.51. The van der Waals surface area contributed by atoms with Gasteiger partial charge in [0.15, 0.2) is 6.17 Å². The zero-order valence-electron chi connectivity index (χ0n) is 8.35. The lowest BCUT2D eigenvalue weighted by atomic mass is 10.2. The van der Waals surface area contributed by atoms with Gasteiger partial charge in [-0.25, -0.2) is 9.80 Å². The number of methoxy groups -OCH3 is 1. The Morgan fingerprint density at radius 1 is 1.67 bits per heavy atom. The van der Waals surface area contributed by atoms with Gasteiger partial charge in [0.2, 0.25) is 0 Å². The number of fused-ring (bicyclic) bond motifs is 1. The average Bonchev–Trinajstić information content (AvgIpc) is 2.58. The van der Waals surface area contributed by atoms with Crippen molar-refractivity contribution >= 4 is 29.5 Å². The van der Waals surface area contributed by atoms with Gasteiger partial charge < -0.3 is 4.74 Å². The quantitative estimate of drug-likeness (QED) is 0.491. The van der Waals surface area contributed by atoms with E-state index < -0.39 is 5.97 Å². The van der Waals surface area contributed by atoms with E-state index in [1.54, 1.807) is 12.3 Å². The molecule has 0 aromatic rings. The summed E-state index contributed by atoms with van der Waals surface area (Å²) in [6, 6.07) is 0. The Morgan fingerprint density at radius 3 is 3.07 bits per heavy atom. The molecule has 2 rings (SSSR count). The van der Waals surface area contributed by atoms with Crippen molar-refractivity contribution in [3.63, 3.8) is 0 Å². The first-order valence-electron chi connectivity index (χ1n) is 4.45. The molecule has 5 nitrogen and oxygen atoms in total. The third kappa shape index (κ3) is 1.63. The van der Waals surface area contributed by atoms with Crippen LogP contribution in [0.3, 0.4) is 0 Å². The molecule has 0 bridgehead atoms. The largest absolute Gasteiger partial charge is 0.464 e. The number of ether oxygens (including phenoxy) is 1. The molecule has 0 N–H and O–H groups in total. The summed E-state index contributed by atoms with van der Waals surface area (Å²) in [4.78, 5) is 15.8. The second-order valence-corrected chi connectivity index (χ2v) is 3.76. The normalized spacial score (nSPS) is 28.3. The minimum absolute atomic E-state index is 0.312. The van der Waals surface area contributed by atoms with Crippen molar-refractivity contribution < 1.29 is 9.53 Å². The molecule has 0 amide bonds. The van der Waals surface area contributed by atoms with Gasteiger partial charge in [-0.2, -0.15) is 5.10 Å². The molecule has 0 radical (unpaired) electrons. The zero-order valence-corrected chi connectivity index (χ0v) is 9.10. The number of nitrogens with zero attached hydrogens (tertiary/aromatic N) is 3. The fraction of sp³-hybridized carbons (Fsp3) is 0.444. The molecule has 2 aliphatic heterocycles. The number of allylic oxidation sites excluding steroid dienone is 1. The molecule has 2 unspecified atom stereocenters. The van der Waals surface area contributed by atoms with Crippen LogP contribution in [-0.2, 0) is 9.53 Å². The van der Waals surface area contributed by atoms with Gasteiger partial charge in [-0.05, 0) is 13.0 Å². The second kappa shape index (κ2) is 3.66. The number of hydrogen-bond donors (Lipinski definition) is 0. The predicted octanol–water partition coefficient (Wildman–Crippen LogP) is 0.753. The highest BCUT2D eigenvalue weighted by Gasteiger charge is 2.36. The standard InChI is InChI=1S/C9H10ClN3O2/c1-5-3-7(9(14)15-2)13-8(12-5)6(10)4-11-13/h3-4,6,8H,1-2H3. The van der Waals surface area contributed by atoms with Crippen molar-refractivity contribution in [1.29, 1.82) is 0 Å². The van der Waals surface area contributed by atoms with Crippen LogP contribution in [0.2, 0.25) is 0 Å². The van der Waals surface area contributed by atoms with Crippen LogP contribution in [-0.4, -0.2) is 41.6 Å². The summed E-state index contributed by atoms with van der Waals surface area (Å²) < 4.78 is 4.66. The van der Waals surface area contributed by atoms with Crippen molar-refractivity contribution in [2.24, 2.45) is 10.1 Å². The predicted molar refractivity (Wildman–Crippen MR) is 57.0 cm³/mol. The Labute approximate surface area is 92.1 Å². The van der Waals surface area contributed by atoms with E-state index in [4.69, 9.17) is 11.6 Å². The van der Waals surface area contributed by atoms with Gasteiger partial charge in [0.25, 0.3) is 0 Å². The second-order valence-electron chi connectivity index (χ2n) is 3.26. The van der Waals surface area contributed by atoms with Crippen molar-refractivity contribution in [1.82, 2.24) is 5.01 Å². The van der Waals surface area contributed by atoms with Crippen LogP contribution >= 0.6 is 11.6 Å². The van der Waals surface area contributed by atoms with E-state index in [0.717, 1.165) is 5.71 Å². The number of alkyl halides is 1. The van der Waals surface area contributed by atoms with Gasteiger partial charge >= 0.3 is 5.97 Å². The third-order valence-corrected chi connectivity index (χ3v) is 2.53. The molecule has 2 heterocycles. The molecule has 0 saturated heterocycles. The summed E-state index contributed by atoms with van der Waals surface area (Å²) in [6.07, 6.45) is 2.87. The molecule has 2 aliphatic rings. The van der Waals surface area contributed by atoms with Crippen molar-refractivity contribution in [3.05, 3.63) is 11.8 Å². The Balaban J connectivity index is 2.35. The van der Waals surface area contributed by atoms with E-state index in [-0.39, 0.29) is 11.5 Å². The number of hydrazone groups is 1. The smallest absolute Gasteiger partial charge is 0.356 e. The Kier molecular flexibility index (Phi) is 2.48. The van der Waals surface area contributed by atoms with Gasteiger partial charge in [0.05, 0.1) is 7.11 Å². The Hall–Kier alpha value is -1.36. The molecule has 0 aromatic heterocycles. The highest BCUT2D eigenvalue weighted by molar-refractivity contribution is 6.29. The van der Waals surface area contributed by atoms with Crippen LogP contribution in [0, 0.1) is 0 Å². The maximum absolute atomic E-state index is 11.5. The topological polar surface area (TPSA) is 54.3 Å². The molecule has 6 heteroatoms. The maximum Gasteiger partial charge on any atom is 0.356 e. The Morgan fingerprint density at radius 2 is 2.40 bits per heavy atom. The first-order chi connectivity index (χ1) is 7.13. The maximum atomic E-state index is 11.5. The lowest BCUT2D eigenvalue weighted by Gasteiger charge is -2.26. The summed E-state index contributed by atoms with van der Waals surface area (Å²) in [6.45, 7) is 1.81. The number of esters is 1. The van der Waals surface area contributed by atoms with Gasteiger partial charge in [-0.3, -0.25) is 4.99 Å². The summed E-state index contributed by atoms with van der Waals surface area (Å²) in [7, 11) is 1.33. The molecule has 0 saturated carbocycles. The minimum Gasteiger partial charge on any atom is -0.464 e. The van der Waals surface area contributed by atoms with Crippen LogP contribution in [0.4, 0.5) is 0 Å². The number of rotatable bonds is 1. The zero-order chi connectivity index (χ0) is 11.0. The van der Waals surface area contributed by atoms with E-state index in [0.29, 0.717) is 5.70 Å². The molecule has 0 fully saturated rings. The molecule has 2 atom stereocenters. The minimum atomic E-state index is -0.433. The van der Waals surface area contributed by atoms with Gasteiger partial charge in [-0.1, -0.05) is 0 Å². The van der Waals surface area contributed by atoms with Gasteiger partial charge in [0, 0.05) is 11.9 Å². The lowest BCUT2D eigenvalue weighted by molar-refractivity contribution is -0.138. The Bertz CT molecular complexity index is 389. The molecular weight excluding hydrogens is 218 g/mol. The van der Waals surface area contributed by atoms with Crippen LogP contribution in [0.5, 0.6) is 0 Å².